The van der Waals surface area contributed by atoms with Crippen molar-refractivity contribution in [1.82, 2.24) is 9.97 Å². The quantitative estimate of drug-likeness (QED) is 0.914. The van der Waals surface area contributed by atoms with E-state index in [9.17, 15) is 9.59 Å². The van der Waals surface area contributed by atoms with E-state index in [0.717, 1.165) is 0 Å². The number of anilines is 2. The number of rotatable bonds is 2. The lowest BCUT2D eigenvalue weighted by atomic mass is 10.2. The highest BCUT2D eigenvalue weighted by Gasteiger charge is 2.30. The van der Waals surface area contributed by atoms with Crippen LogP contribution in [0.1, 0.15) is 24.3 Å². The van der Waals surface area contributed by atoms with Crippen molar-refractivity contribution in [2.75, 3.05) is 16.8 Å². The molecular formula is C14H14N4O3S. The summed E-state index contributed by atoms with van der Waals surface area (Å²) in [5.74, 6) is -0.0212. The van der Waals surface area contributed by atoms with Crippen LogP contribution in [0.4, 0.5) is 10.8 Å². The highest BCUT2D eigenvalue weighted by atomic mass is 32.1. The molecule has 0 saturated heterocycles. The summed E-state index contributed by atoms with van der Waals surface area (Å²) in [6.07, 6.45) is 1.47. The molecule has 2 amide bonds. The van der Waals surface area contributed by atoms with Gasteiger partial charge in [-0.3, -0.25) is 14.5 Å². The van der Waals surface area contributed by atoms with Crippen molar-refractivity contribution in [2.45, 2.75) is 20.0 Å². The third kappa shape index (κ3) is 2.77. The maximum Gasteiger partial charge on any atom is 0.278 e. The number of fused-ring (bicyclic) bond motifs is 1. The fourth-order valence-electron chi connectivity index (χ4n) is 2.17. The van der Waals surface area contributed by atoms with E-state index in [1.54, 1.807) is 28.6 Å². The third-order valence-corrected chi connectivity index (χ3v) is 3.80. The second-order valence-electron chi connectivity index (χ2n) is 4.89. The summed E-state index contributed by atoms with van der Waals surface area (Å²) in [6, 6.07) is 3.54. The molecule has 0 bridgehead atoms. The van der Waals surface area contributed by atoms with Gasteiger partial charge in [0, 0.05) is 18.5 Å². The van der Waals surface area contributed by atoms with E-state index in [1.807, 2.05) is 6.92 Å². The van der Waals surface area contributed by atoms with Crippen molar-refractivity contribution < 1.29 is 14.3 Å². The first kappa shape index (κ1) is 14.5. The second-order valence-corrected chi connectivity index (χ2v) is 5.75. The van der Waals surface area contributed by atoms with Gasteiger partial charge in [-0.1, -0.05) is 0 Å². The van der Waals surface area contributed by atoms with Gasteiger partial charge in [-0.2, -0.15) is 0 Å². The second kappa shape index (κ2) is 5.72. The molecule has 0 aliphatic carbocycles. The number of carbonyl (C=O) groups is 2. The van der Waals surface area contributed by atoms with Crippen LogP contribution in [-0.4, -0.2) is 34.4 Å². The molecule has 1 aliphatic rings. The summed E-state index contributed by atoms with van der Waals surface area (Å²) in [5.41, 5.74) is 0.914. The molecular weight excluding hydrogens is 304 g/mol. The van der Waals surface area contributed by atoms with E-state index < -0.39 is 0 Å². The fourth-order valence-corrected chi connectivity index (χ4v) is 2.90. The smallest absolute Gasteiger partial charge is 0.278 e. The van der Waals surface area contributed by atoms with Crippen molar-refractivity contribution in [2.24, 2.45) is 0 Å². The van der Waals surface area contributed by atoms with Crippen LogP contribution in [0.5, 0.6) is 5.88 Å². The predicted octanol–water partition coefficient (Wildman–Crippen LogP) is 1.92. The number of nitrogens with one attached hydrogen (secondary N) is 1. The first-order valence-corrected chi connectivity index (χ1v) is 7.59. The molecule has 3 rings (SSSR count). The van der Waals surface area contributed by atoms with Gasteiger partial charge in [-0.25, -0.2) is 9.97 Å². The Hall–Kier alpha value is -2.48. The summed E-state index contributed by atoms with van der Waals surface area (Å²) in [4.78, 5) is 33.6. The largest absolute Gasteiger partial charge is 0.471 e. The number of aromatic nitrogens is 2. The van der Waals surface area contributed by atoms with Crippen LogP contribution in [0.15, 0.2) is 23.7 Å². The predicted molar refractivity (Wildman–Crippen MR) is 82.4 cm³/mol. The Balaban J connectivity index is 1.89. The summed E-state index contributed by atoms with van der Waals surface area (Å²) in [6.45, 7) is 3.70. The molecule has 1 aliphatic heterocycles. The van der Waals surface area contributed by atoms with Gasteiger partial charge in [0.25, 0.3) is 5.91 Å². The molecule has 8 heteroatoms. The van der Waals surface area contributed by atoms with E-state index in [0.29, 0.717) is 23.2 Å². The van der Waals surface area contributed by atoms with Gasteiger partial charge < -0.3 is 10.1 Å². The molecule has 7 nitrogen and oxygen atoms in total. The van der Waals surface area contributed by atoms with Crippen molar-refractivity contribution in [3.05, 3.63) is 29.4 Å². The minimum Gasteiger partial charge on any atom is -0.471 e. The highest BCUT2D eigenvalue weighted by Crippen LogP contribution is 2.32. The number of nitrogens with zero attached hydrogens (tertiary/aromatic N) is 3. The van der Waals surface area contributed by atoms with Crippen molar-refractivity contribution >= 4 is 34.0 Å². The first-order chi connectivity index (χ1) is 10.5. The van der Waals surface area contributed by atoms with Gasteiger partial charge in [0.1, 0.15) is 17.5 Å². The van der Waals surface area contributed by atoms with E-state index in [1.165, 1.54) is 18.3 Å². The van der Waals surface area contributed by atoms with Crippen LogP contribution in [0.3, 0.4) is 0 Å². The SMILES string of the molecule is CC(=O)Nc1nc(C(=O)N2CC(C)Oc3ncccc32)cs1. The minimum absolute atomic E-state index is 0.153. The topological polar surface area (TPSA) is 84.4 Å². The Morgan fingerprint density at radius 3 is 3.09 bits per heavy atom. The standard InChI is InChI=1S/C14H14N4O3S/c1-8-6-18(11-4-3-5-15-12(11)21-8)13(20)10-7-22-14(17-10)16-9(2)19/h3-5,7-8H,6H2,1-2H3,(H,16,17,19). The monoisotopic (exact) mass is 318 g/mol. The highest BCUT2D eigenvalue weighted by molar-refractivity contribution is 7.14. The van der Waals surface area contributed by atoms with Crippen molar-refractivity contribution in [3.8, 4) is 5.88 Å². The van der Waals surface area contributed by atoms with E-state index in [2.05, 4.69) is 15.3 Å². The molecule has 114 valence electrons. The van der Waals surface area contributed by atoms with E-state index >= 15 is 0 Å². The number of carbonyl (C=O) groups excluding carboxylic acids is 2. The molecule has 0 fully saturated rings. The number of ether oxygens (including phenoxy) is 1. The molecule has 2 aromatic heterocycles. The third-order valence-electron chi connectivity index (χ3n) is 3.05. The number of hydrogen-bond donors (Lipinski definition) is 1. The number of pyridine rings is 1. The zero-order valence-electron chi connectivity index (χ0n) is 12.1. The number of amides is 2. The van der Waals surface area contributed by atoms with Crippen LogP contribution in [-0.2, 0) is 4.79 Å². The van der Waals surface area contributed by atoms with Crippen molar-refractivity contribution in [1.29, 1.82) is 0 Å². The summed E-state index contributed by atoms with van der Waals surface area (Å²) in [5, 5.41) is 4.61. The summed E-state index contributed by atoms with van der Waals surface area (Å²) < 4.78 is 5.63. The molecule has 2 aromatic rings. The Labute approximate surface area is 130 Å². The van der Waals surface area contributed by atoms with E-state index in [-0.39, 0.29) is 23.6 Å². The van der Waals surface area contributed by atoms with Gasteiger partial charge in [0.15, 0.2) is 5.13 Å². The number of thiazole rings is 1. The zero-order valence-corrected chi connectivity index (χ0v) is 12.9. The molecule has 0 aromatic carbocycles. The van der Waals surface area contributed by atoms with Crippen molar-refractivity contribution in [3.63, 3.8) is 0 Å². The van der Waals surface area contributed by atoms with Crippen LogP contribution >= 0.6 is 11.3 Å². The molecule has 22 heavy (non-hydrogen) atoms. The van der Waals surface area contributed by atoms with Crippen LogP contribution < -0.4 is 15.0 Å². The maximum absolute atomic E-state index is 12.7. The van der Waals surface area contributed by atoms with Crippen LogP contribution in [0.25, 0.3) is 0 Å². The molecule has 3 heterocycles. The lowest BCUT2D eigenvalue weighted by molar-refractivity contribution is -0.114. The Morgan fingerprint density at radius 2 is 2.32 bits per heavy atom. The lowest BCUT2D eigenvalue weighted by Gasteiger charge is -2.31. The number of hydrogen-bond acceptors (Lipinski definition) is 6. The Bertz CT molecular complexity index is 730. The Kier molecular flexibility index (Phi) is 3.76. The van der Waals surface area contributed by atoms with Gasteiger partial charge in [0.05, 0.1) is 6.54 Å². The van der Waals surface area contributed by atoms with Gasteiger partial charge in [-0.15, -0.1) is 11.3 Å². The van der Waals surface area contributed by atoms with Gasteiger partial charge in [-0.05, 0) is 19.1 Å². The minimum atomic E-state index is -0.239. The molecule has 0 saturated carbocycles. The maximum atomic E-state index is 12.7. The summed E-state index contributed by atoms with van der Waals surface area (Å²) >= 11 is 1.21. The average Bonchev–Trinajstić information content (AvgIpc) is 2.93. The molecule has 1 unspecified atom stereocenters. The normalized spacial score (nSPS) is 16.6. The molecule has 0 radical (unpaired) electrons. The lowest BCUT2D eigenvalue weighted by Crippen LogP contribution is -2.42. The van der Waals surface area contributed by atoms with Gasteiger partial charge in [0.2, 0.25) is 11.8 Å². The van der Waals surface area contributed by atoms with E-state index in [4.69, 9.17) is 4.74 Å². The fraction of sp³-hybridized carbons (Fsp3) is 0.286. The summed E-state index contributed by atoms with van der Waals surface area (Å²) in [7, 11) is 0. The molecule has 1 atom stereocenters. The van der Waals surface area contributed by atoms with Crippen LogP contribution in [0.2, 0.25) is 0 Å². The van der Waals surface area contributed by atoms with Gasteiger partial charge >= 0.3 is 0 Å². The van der Waals surface area contributed by atoms with Crippen LogP contribution in [0, 0.1) is 0 Å². The average molecular weight is 318 g/mol. The molecule has 0 spiro atoms. The Morgan fingerprint density at radius 1 is 1.50 bits per heavy atom. The first-order valence-electron chi connectivity index (χ1n) is 6.71. The molecule has 1 N–H and O–H groups in total. The zero-order chi connectivity index (χ0) is 15.7.